The lowest BCUT2D eigenvalue weighted by Gasteiger charge is -2.09. The van der Waals surface area contributed by atoms with Crippen LogP contribution >= 0.6 is 0 Å². The van der Waals surface area contributed by atoms with Crippen molar-refractivity contribution >= 4 is 16.9 Å². The molecule has 0 radical (unpaired) electrons. The highest BCUT2D eigenvalue weighted by Crippen LogP contribution is 2.25. The van der Waals surface area contributed by atoms with Crippen LogP contribution in [-0.4, -0.2) is 18.2 Å². The van der Waals surface area contributed by atoms with E-state index in [2.05, 4.69) is 4.74 Å². The molecule has 144 valence electrons. The molecule has 1 N–H and O–H groups in total. The summed E-state index contributed by atoms with van der Waals surface area (Å²) in [6, 6.07) is 13.2. The van der Waals surface area contributed by atoms with Crippen molar-refractivity contribution in [1.29, 1.82) is 0 Å². The van der Waals surface area contributed by atoms with Gasteiger partial charge in [-0.15, -0.1) is 0 Å². The number of ether oxygens (including phenoxy) is 2. The van der Waals surface area contributed by atoms with Crippen molar-refractivity contribution < 1.29 is 23.8 Å². The van der Waals surface area contributed by atoms with Crippen LogP contribution in [0.3, 0.4) is 0 Å². The van der Waals surface area contributed by atoms with Crippen LogP contribution in [0.15, 0.2) is 46.9 Å². The minimum Gasteiger partial charge on any atom is -0.489 e. The Hall–Kier alpha value is -2.79. The number of hydrogen-bond acceptors (Lipinski definition) is 5. The van der Waals surface area contributed by atoms with Crippen LogP contribution in [0.25, 0.3) is 11.0 Å². The van der Waals surface area contributed by atoms with Gasteiger partial charge in [-0.1, -0.05) is 26.0 Å². The van der Waals surface area contributed by atoms with Gasteiger partial charge in [0, 0.05) is 5.39 Å². The average molecular weight is 370 g/mol. The summed E-state index contributed by atoms with van der Waals surface area (Å²) in [6.45, 7) is 6.25. The maximum absolute atomic E-state index is 11.4. The Labute approximate surface area is 159 Å². The highest BCUT2D eigenvalue weighted by molar-refractivity contribution is 5.81. The van der Waals surface area contributed by atoms with Crippen LogP contribution in [-0.2, 0) is 29.2 Å². The van der Waals surface area contributed by atoms with Crippen molar-refractivity contribution in [3.05, 3.63) is 64.9 Å². The van der Waals surface area contributed by atoms with Crippen LogP contribution in [0, 0.1) is 6.92 Å². The fourth-order valence-corrected chi connectivity index (χ4v) is 2.77. The molecule has 0 saturated heterocycles. The van der Waals surface area contributed by atoms with Gasteiger partial charge in [0.1, 0.15) is 30.3 Å². The third-order valence-corrected chi connectivity index (χ3v) is 3.95. The standard InChI is InChI=1S/C20H20O5.C2H6/c1-13-6-15(7-16-10-18(11-21)25-20(13)16)12-24-17-5-3-4-14(8-17)9-19(22)23-2;1-2/h3-8,10,21H,9,11-12H2,1-2H3;1-2H3. The van der Waals surface area contributed by atoms with Gasteiger partial charge in [0.2, 0.25) is 0 Å². The maximum Gasteiger partial charge on any atom is 0.309 e. The minimum atomic E-state index is -0.280. The number of benzene rings is 2. The van der Waals surface area contributed by atoms with Crippen LogP contribution in [0.2, 0.25) is 0 Å². The number of esters is 1. The van der Waals surface area contributed by atoms with E-state index < -0.39 is 0 Å². The fourth-order valence-electron chi connectivity index (χ4n) is 2.77. The second-order valence-electron chi connectivity index (χ2n) is 5.89. The van der Waals surface area contributed by atoms with Gasteiger partial charge in [0.25, 0.3) is 0 Å². The van der Waals surface area contributed by atoms with Gasteiger partial charge >= 0.3 is 5.97 Å². The number of aliphatic hydroxyl groups is 1. The van der Waals surface area contributed by atoms with Gasteiger partial charge in [0.15, 0.2) is 0 Å². The minimum absolute atomic E-state index is 0.118. The molecule has 1 heterocycles. The lowest BCUT2D eigenvalue weighted by molar-refractivity contribution is -0.139. The molecule has 3 aromatic rings. The number of fused-ring (bicyclic) bond motifs is 1. The van der Waals surface area contributed by atoms with E-state index in [4.69, 9.17) is 9.15 Å². The quantitative estimate of drug-likeness (QED) is 0.645. The van der Waals surface area contributed by atoms with E-state index >= 15 is 0 Å². The SMILES string of the molecule is CC.COC(=O)Cc1cccc(OCc2cc(C)c3oc(CO)cc3c2)c1. The molecule has 3 rings (SSSR count). The number of hydrogen-bond donors (Lipinski definition) is 1. The second-order valence-corrected chi connectivity index (χ2v) is 5.89. The van der Waals surface area contributed by atoms with Gasteiger partial charge in [-0.2, -0.15) is 0 Å². The zero-order chi connectivity index (χ0) is 19.8. The Kier molecular flexibility index (Phi) is 7.44. The van der Waals surface area contributed by atoms with Gasteiger partial charge in [0.05, 0.1) is 13.5 Å². The first-order valence-corrected chi connectivity index (χ1v) is 9.00. The van der Waals surface area contributed by atoms with E-state index in [0.717, 1.165) is 27.7 Å². The first-order chi connectivity index (χ1) is 13.1. The Morgan fingerprint density at radius 1 is 1.11 bits per heavy atom. The highest BCUT2D eigenvalue weighted by Gasteiger charge is 2.09. The molecule has 0 aliphatic heterocycles. The first kappa shape index (κ1) is 20.5. The van der Waals surface area contributed by atoms with Crippen molar-refractivity contribution in [3.8, 4) is 5.75 Å². The number of furan rings is 1. The summed E-state index contributed by atoms with van der Waals surface area (Å²) in [5, 5.41) is 10.2. The van der Waals surface area contributed by atoms with Crippen LogP contribution < -0.4 is 4.74 Å². The fraction of sp³-hybridized carbons (Fsp3) is 0.318. The van der Waals surface area contributed by atoms with Crippen molar-refractivity contribution in [2.45, 2.75) is 40.4 Å². The Morgan fingerprint density at radius 3 is 2.59 bits per heavy atom. The third kappa shape index (κ3) is 5.34. The molecule has 0 aliphatic rings. The molecule has 0 spiro atoms. The van der Waals surface area contributed by atoms with Crippen molar-refractivity contribution in [1.82, 2.24) is 0 Å². The summed E-state index contributed by atoms with van der Waals surface area (Å²) < 4.78 is 16.1. The molecule has 5 heteroatoms. The van der Waals surface area contributed by atoms with E-state index in [9.17, 15) is 9.90 Å². The topological polar surface area (TPSA) is 68.9 Å². The summed E-state index contributed by atoms with van der Waals surface area (Å²) in [5.74, 6) is 0.965. The summed E-state index contributed by atoms with van der Waals surface area (Å²) in [5.41, 5.74) is 3.63. The Morgan fingerprint density at radius 2 is 1.89 bits per heavy atom. The second kappa shape index (κ2) is 9.78. The van der Waals surface area contributed by atoms with Crippen molar-refractivity contribution in [2.75, 3.05) is 7.11 Å². The molecule has 1 aromatic heterocycles. The summed E-state index contributed by atoms with van der Waals surface area (Å²) in [7, 11) is 1.37. The molecule has 0 unspecified atom stereocenters. The van der Waals surface area contributed by atoms with Crippen LogP contribution in [0.4, 0.5) is 0 Å². The zero-order valence-electron chi connectivity index (χ0n) is 16.2. The molecule has 0 aliphatic carbocycles. The van der Waals surface area contributed by atoms with Crippen molar-refractivity contribution in [3.63, 3.8) is 0 Å². The number of aliphatic hydroxyl groups excluding tert-OH is 1. The summed E-state index contributed by atoms with van der Waals surface area (Å²) in [6.07, 6.45) is 0.220. The Balaban J connectivity index is 0.00000126. The monoisotopic (exact) mass is 370 g/mol. The Bertz CT molecular complexity index is 895. The van der Waals surface area contributed by atoms with E-state index in [1.54, 1.807) is 0 Å². The zero-order valence-corrected chi connectivity index (χ0v) is 16.2. The predicted octanol–water partition coefficient (Wildman–Crippen LogP) is 4.55. The van der Waals surface area contributed by atoms with Gasteiger partial charge in [-0.3, -0.25) is 4.79 Å². The smallest absolute Gasteiger partial charge is 0.309 e. The first-order valence-electron chi connectivity index (χ1n) is 9.00. The molecule has 0 bridgehead atoms. The number of rotatable bonds is 6. The number of carbonyl (C=O) groups excluding carboxylic acids is 1. The van der Waals surface area contributed by atoms with Gasteiger partial charge in [-0.25, -0.2) is 0 Å². The average Bonchev–Trinajstić information content (AvgIpc) is 3.12. The van der Waals surface area contributed by atoms with E-state index in [0.29, 0.717) is 18.1 Å². The largest absolute Gasteiger partial charge is 0.489 e. The highest BCUT2D eigenvalue weighted by atomic mass is 16.5. The van der Waals surface area contributed by atoms with Crippen LogP contribution in [0.5, 0.6) is 5.75 Å². The van der Waals surface area contributed by atoms with E-state index in [1.807, 2.05) is 63.2 Å². The maximum atomic E-state index is 11.4. The molecule has 5 nitrogen and oxygen atoms in total. The van der Waals surface area contributed by atoms with Gasteiger partial charge in [-0.05, 0) is 53.9 Å². The van der Waals surface area contributed by atoms with Gasteiger partial charge < -0.3 is 19.0 Å². The van der Waals surface area contributed by atoms with E-state index in [-0.39, 0.29) is 19.0 Å². The molecule has 27 heavy (non-hydrogen) atoms. The number of carbonyl (C=O) groups is 1. The predicted molar refractivity (Wildman–Crippen MR) is 105 cm³/mol. The lowest BCUT2D eigenvalue weighted by Crippen LogP contribution is -2.04. The number of aryl methyl sites for hydroxylation is 1. The lowest BCUT2D eigenvalue weighted by atomic mass is 10.1. The van der Waals surface area contributed by atoms with Crippen molar-refractivity contribution in [2.24, 2.45) is 0 Å². The molecule has 0 atom stereocenters. The number of methoxy groups -OCH3 is 1. The molecule has 0 saturated carbocycles. The molecule has 2 aromatic carbocycles. The summed E-state index contributed by atoms with van der Waals surface area (Å²) >= 11 is 0. The molecular formula is C22H26O5. The third-order valence-electron chi connectivity index (χ3n) is 3.95. The van der Waals surface area contributed by atoms with Crippen LogP contribution in [0.1, 0.15) is 36.3 Å². The molecule has 0 fully saturated rings. The molecular weight excluding hydrogens is 344 g/mol. The van der Waals surface area contributed by atoms with E-state index in [1.165, 1.54) is 7.11 Å². The molecule has 0 amide bonds. The summed E-state index contributed by atoms with van der Waals surface area (Å²) in [4.78, 5) is 11.4. The normalized spacial score (nSPS) is 10.3.